The molecule has 1 atom stereocenters. The van der Waals surface area contributed by atoms with E-state index in [9.17, 15) is 9.00 Å². The second kappa shape index (κ2) is 8.71. The van der Waals surface area contributed by atoms with Crippen LogP contribution in [0.15, 0.2) is 59.9 Å². The van der Waals surface area contributed by atoms with Crippen molar-refractivity contribution in [1.82, 2.24) is 9.55 Å². The average Bonchev–Trinajstić information content (AvgIpc) is 3.10. The predicted octanol–water partition coefficient (Wildman–Crippen LogP) is 2.85. The lowest BCUT2D eigenvalue weighted by atomic mass is 10.1. The minimum absolute atomic E-state index is 0.182. The first-order valence-electron chi connectivity index (χ1n) is 8.50. The highest BCUT2D eigenvalue weighted by Crippen LogP contribution is 2.24. The van der Waals surface area contributed by atoms with Gasteiger partial charge in [-0.1, -0.05) is 0 Å². The summed E-state index contributed by atoms with van der Waals surface area (Å²) in [6.07, 6.45) is 1.65. The number of hydrogen-bond acceptors (Lipinski definition) is 5. The Morgan fingerprint density at radius 2 is 1.61 bits per heavy atom. The summed E-state index contributed by atoms with van der Waals surface area (Å²) in [6.45, 7) is 0. The summed E-state index contributed by atoms with van der Waals surface area (Å²) >= 11 is 0. The Morgan fingerprint density at radius 3 is 2.18 bits per heavy atom. The summed E-state index contributed by atoms with van der Waals surface area (Å²) in [4.78, 5) is 16.5. The summed E-state index contributed by atoms with van der Waals surface area (Å²) in [5, 5.41) is 3.07. The zero-order valence-electron chi connectivity index (χ0n) is 15.8. The van der Waals surface area contributed by atoms with E-state index in [4.69, 9.17) is 9.47 Å². The van der Waals surface area contributed by atoms with Crippen LogP contribution in [0, 0.1) is 0 Å². The molecule has 1 heterocycles. The molecule has 0 saturated heterocycles. The largest absolute Gasteiger partial charge is 0.497 e. The highest BCUT2D eigenvalue weighted by molar-refractivity contribution is 7.85. The molecular formula is C20H21N3O4S. The van der Waals surface area contributed by atoms with Gasteiger partial charge in [0.1, 0.15) is 17.3 Å². The Labute approximate surface area is 165 Å². The molecule has 0 radical (unpaired) electrons. The molecule has 0 fully saturated rings. The predicted molar refractivity (Wildman–Crippen MR) is 108 cm³/mol. The molecule has 146 valence electrons. The Kier molecular flexibility index (Phi) is 6.10. The van der Waals surface area contributed by atoms with Crippen LogP contribution in [0.4, 0.5) is 5.69 Å². The fraction of sp³-hybridized carbons (Fsp3) is 0.200. The lowest BCUT2D eigenvalue weighted by Crippen LogP contribution is -2.21. The van der Waals surface area contributed by atoms with Crippen LogP contribution in [0.25, 0.3) is 11.3 Å². The summed E-state index contributed by atoms with van der Waals surface area (Å²) in [5.41, 5.74) is 2.34. The standard InChI is InChI=1S/C20H21N3O4S/c1-23-18(14-4-8-16(26-2)9-5-14)12-21-20(23)28(25)13-19(24)22-15-6-10-17(27-3)11-7-15/h4-12H,13H2,1-3H3,(H,22,24)/t28-/m1/s1. The van der Waals surface area contributed by atoms with Crippen molar-refractivity contribution in [2.45, 2.75) is 5.16 Å². The van der Waals surface area contributed by atoms with Crippen molar-refractivity contribution in [3.05, 3.63) is 54.7 Å². The molecule has 1 aromatic heterocycles. The number of hydrogen-bond donors (Lipinski definition) is 1. The zero-order valence-corrected chi connectivity index (χ0v) is 16.7. The van der Waals surface area contributed by atoms with Gasteiger partial charge in [-0.05, 0) is 48.5 Å². The van der Waals surface area contributed by atoms with E-state index in [0.29, 0.717) is 16.6 Å². The normalized spacial score (nSPS) is 11.7. The molecule has 2 aromatic carbocycles. The Bertz CT molecular complexity index is 982. The lowest BCUT2D eigenvalue weighted by molar-refractivity contribution is -0.113. The summed E-state index contributed by atoms with van der Waals surface area (Å²) in [5.74, 6) is 0.918. The van der Waals surface area contributed by atoms with Crippen LogP contribution in [0.1, 0.15) is 0 Å². The summed E-state index contributed by atoms with van der Waals surface area (Å²) in [7, 11) is 3.39. The molecule has 0 saturated carbocycles. The maximum Gasteiger partial charge on any atom is 0.237 e. The fourth-order valence-electron chi connectivity index (χ4n) is 2.69. The fourth-order valence-corrected chi connectivity index (χ4v) is 3.70. The van der Waals surface area contributed by atoms with Crippen LogP contribution in [-0.4, -0.2) is 39.6 Å². The van der Waals surface area contributed by atoms with Crippen molar-refractivity contribution < 1.29 is 18.5 Å². The second-order valence-electron chi connectivity index (χ2n) is 5.98. The Morgan fingerprint density at radius 1 is 1.04 bits per heavy atom. The third-order valence-electron chi connectivity index (χ3n) is 4.17. The zero-order chi connectivity index (χ0) is 20.1. The van der Waals surface area contributed by atoms with Gasteiger partial charge in [0.2, 0.25) is 5.91 Å². The van der Waals surface area contributed by atoms with E-state index in [2.05, 4.69) is 10.3 Å². The van der Waals surface area contributed by atoms with E-state index < -0.39 is 10.8 Å². The van der Waals surface area contributed by atoms with Gasteiger partial charge in [0.05, 0.1) is 36.9 Å². The van der Waals surface area contributed by atoms with Crippen molar-refractivity contribution >= 4 is 22.4 Å². The van der Waals surface area contributed by atoms with E-state index in [1.807, 2.05) is 24.3 Å². The maximum atomic E-state index is 12.6. The number of ether oxygens (including phenoxy) is 2. The smallest absolute Gasteiger partial charge is 0.237 e. The third kappa shape index (κ3) is 4.40. The Balaban J connectivity index is 1.68. The molecule has 0 unspecified atom stereocenters. The number of nitrogens with zero attached hydrogens (tertiary/aromatic N) is 2. The molecule has 0 spiro atoms. The van der Waals surface area contributed by atoms with Gasteiger partial charge < -0.3 is 19.4 Å². The first kappa shape index (κ1) is 19.6. The molecule has 1 N–H and O–H groups in total. The molecular weight excluding hydrogens is 378 g/mol. The quantitative estimate of drug-likeness (QED) is 0.661. The average molecular weight is 399 g/mol. The number of rotatable bonds is 7. The topological polar surface area (TPSA) is 82.4 Å². The number of carbonyl (C=O) groups is 1. The number of carbonyl (C=O) groups excluding carboxylic acids is 1. The van der Waals surface area contributed by atoms with Gasteiger partial charge in [0.25, 0.3) is 0 Å². The number of amides is 1. The number of benzene rings is 2. The minimum atomic E-state index is -1.57. The Hall–Kier alpha value is -3.13. The van der Waals surface area contributed by atoms with E-state index >= 15 is 0 Å². The first-order chi connectivity index (χ1) is 13.5. The molecule has 3 rings (SSSR count). The van der Waals surface area contributed by atoms with E-state index in [1.165, 1.54) is 0 Å². The van der Waals surface area contributed by atoms with Crippen LogP contribution in [0.5, 0.6) is 11.5 Å². The molecule has 7 nitrogen and oxygen atoms in total. The number of methoxy groups -OCH3 is 2. The monoisotopic (exact) mass is 399 g/mol. The maximum absolute atomic E-state index is 12.6. The van der Waals surface area contributed by atoms with Gasteiger partial charge >= 0.3 is 0 Å². The number of aromatic nitrogens is 2. The summed E-state index contributed by atoms with van der Waals surface area (Å²) < 4.78 is 24.6. The first-order valence-corrected chi connectivity index (χ1v) is 9.82. The number of imidazole rings is 1. The molecule has 0 bridgehead atoms. The summed E-state index contributed by atoms with van der Waals surface area (Å²) in [6, 6.07) is 14.4. The molecule has 1 amide bonds. The number of nitrogens with one attached hydrogen (secondary N) is 1. The highest BCUT2D eigenvalue weighted by Gasteiger charge is 2.17. The van der Waals surface area contributed by atoms with Gasteiger partial charge in [-0.15, -0.1) is 0 Å². The molecule has 0 aliphatic rings. The third-order valence-corrected chi connectivity index (χ3v) is 5.48. The van der Waals surface area contributed by atoms with Gasteiger partial charge in [0, 0.05) is 18.3 Å². The van der Waals surface area contributed by atoms with Crippen molar-refractivity contribution in [1.29, 1.82) is 0 Å². The molecule has 0 aliphatic heterocycles. The van der Waals surface area contributed by atoms with Crippen LogP contribution in [0.2, 0.25) is 0 Å². The van der Waals surface area contributed by atoms with Crippen molar-refractivity contribution in [3.63, 3.8) is 0 Å². The number of anilines is 1. The molecule has 0 aliphatic carbocycles. The second-order valence-corrected chi connectivity index (χ2v) is 7.32. The van der Waals surface area contributed by atoms with Gasteiger partial charge in [-0.2, -0.15) is 0 Å². The van der Waals surface area contributed by atoms with Crippen molar-refractivity contribution in [3.8, 4) is 22.8 Å². The SMILES string of the molecule is COc1ccc(NC(=O)C[S@@](=O)c2ncc(-c3ccc(OC)cc3)n2C)cc1. The van der Waals surface area contributed by atoms with E-state index in [1.54, 1.807) is 56.3 Å². The van der Waals surface area contributed by atoms with Crippen LogP contribution >= 0.6 is 0 Å². The van der Waals surface area contributed by atoms with Crippen molar-refractivity contribution in [2.75, 3.05) is 25.3 Å². The molecule has 28 heavy (non-hydrogen) atoms. The lowest BCUT2D eigenvalue weighted by Gasteiger charge is -2.08. The minimum Gasteiger partial charge on any atom is -0.497 e. The van der Waals surface area contributed by atoms with Crippen LogP contribution in [0.3, 0.4) is 0 Å². The van der Waals surface area contributed by atoms with E-state index in [0.717, 1.165) is 17.0 Å². The van der Waals surface area contributed by atoms with Crippen LogP contribution in [-0.2, 0) is 22.6 Å². The van der Waals surface area contributed by atoms with E-state index in [-0.39, 0.29) is 11.7 Å². The van der Waals surface area contributed by atoms with Crippen molar-refractivity contribution in [2.24, 2.45) is 7.05 Å². The molecule has 3 aromatic rings. The van der Waals surface area contributed by atoms with Gasteiger partial charge in [-0.25, -0.2) is 4.98 Å². The molecule has 8 heteroatoms. The van der Waals surface area contributed by atoms with Crippen LogP contribution < -0.4 is 14.8 Å². The van der Waals surface area contributed by atoms with Gasteiger partial charge in [-0.3, -0.25) is 9.00 Å². The van der Waals surface area contributed by atoms with Gasteiger partial charge in [0.15, 0.2) is 5.16 Å². The highest BCUT2D eigenvalue weighted by atomic mass is 32.2.